The lowest BCUT2D eigenvalue weighted by molar-refractivity contribution is -0.139. The van der Waals surface area contributed by atoms with Crippen LogP contribution in [0.2, 0.25) is 0 Å². The Morgan fingerprint density at radius 3 is 2.92 bits per heavy atom. The standard InChI is InChI=1S/C19H31N5O/c1-23-10-9-22-17(23)13-24(16-12-19(16)5-7-21-8-6-19)18(25)14-3-2-4-15(20)11-14/h9-10,14-16,21H,2-8,11-13,20H2,1H3/t14-,15-,16+/m1/s1. The normalized spacial score (nSPS) is 31.0. The first-order chi connectivity index (χ1) is 12.1. The average Bonchev–Trinajstić information content (AvgIpc) is 3.13. The second-order valence-electron chi connectivity index (χ2n) is 8.38. The van der Waals surface area contributed by atoms with Gasteiger partial charge in [0.1, 0.15) is 5.82 Å². The average molecular weight is 345 g/mol. The van der Waals surface area contributed by atoms with Gasteiger partial charge in [0.25, 0.3) is 0 Å². The molecule has 1 amide bonds. The Morgan fingerprint density at radius 1 is 1.44 bits per heavy atom. The molecule has 3 aliphatic rings. The number of rotatable bonds is 4. The van der Waals surface area contributed by atoms with Crippen molar-refractivity contribution in [2.75, 3.05) is 13.1 Å². The van der Waals surface area contributed by atoms with Crippen LogP contribution >= 0.6 is 0 Å². The van der Waals surface area contributed by atoms with Gasteiger partial charge in [-0.05, 0) is 57.0 Å². The third-order valence-electron chi connectivity index (χ3n) is 6.70. The van der Waals surface area contributed by atoms with E-state index >= 15 is 0 Å². The van der Waals surface area contributed by atoms with E-state index in [-0.39, 0.29) is 12.0 Å². The number of carbonyl (C=O) groups is 1. The van der Waals surface area contributed by atoms with Gasteiger partial charge in [0, 0.05) is 37.4 Å². The van der Waals surface area contributed by atoms with Crippen LogP contribution in [0.5, 0.6) is 0 Å². The Morgan fingerprint density at radius 2 is 2.24 bits per heavy atom. The van der Waals surface area contributed by atoms with E-state index in [1.54, 1.807) is 0 Å². The van der Waals surface area contributed by atoms with Crippen LogP contribution in [0, 0.1) is 11.3 Å². The van der Waals surface area contributed by atoms with Crippen molar-refractivity contribution in [1.29, 1.82) is 0 Å². The van der Waals surface area contributed by atoms with Crippen molar-refractivity contribution in [2.24, 2.45) is 24.1 Å². The lowest BCUT2D eigenvalue weighted by Crippen LogP contribution is -2.44. The minimum absolute atomic E-state index is 0.100. The lowest BCUT2D eigenvalue weighted by Gasteiger charge is -2.34. The third kappa shape index (κ3) is 3.34. The van der Waals surface area contributed by atoms with Crippen molar-refractivity contribution in [2.45, 2.75) is 63.6 Å². The number of hydrogen-bond acceptors (Lipinski definition) is 4. The highest BCUT2D eigenvalue weighted by Gasteiger charge is 2.58. The van der Waals surface area contributed by atoms with Gasteiger partial charge < -0.3 is 20.5 Å². The molecule has 1 spiro atoms. The molecule has 1 aliphatic heterocycles. The molecule has 3 N–H and O–H groups in total. The maximum absolute atomic E-state index is 13.4. The van der Waals surface area contributed by atoms with Crippen LogP contribution in [0.4, 0.5) is 0 Å². The molecule has 6 nitrogen and oxygen atoms in total. The van der Waals surface area contributed by atoms with Gasteiger partial charge in [-0.3, -0.25) is 4.79 Å². The summed E-state index contributed by atoms with van der Waals surface area (Å²) in [4.78, 5) is 20.0. The molecule has 2 heterocycles. The van der Waals surface area contributed by atoms with Crippen LogP contribution in [0.3, 0.4) is 0 Å². The molecule has 2 saturated carbocycles. The Labute approximate surface area is 150 Å². The van der Waals surface area contributed by atoms with E-state index in [1.165, 1.54) is 12.8 Å². The van der Waals surface area contributed by atoms with E-state index < -0.39 is 0 Å². The second kappa shape index (κ2) is 6.72. The molecule has 6 heteroatoms. The van der Waals surface area contributed by atoms with Crippen LogP contribution in [-0.2, 0) is 18.4 Å². The summed E-state index contributed by atoms with van der Waals surface area (Å²) in [5.74, 6) is 1.39. The van der Waals surface area contributed by atoms with Gasteiger partial charge >= 0.3 is 0 Å². The smallest absolute Gasteiger partial charge is 0.226 e. The highest BCUT2D eigenvalue weighted by atomic mass is 16.2. The molecule has 0 unspecified atom stereocenters. The SMILES string of the molecule is Cn1ccnc1CN(C(=O)[C@@H]1CCC[C@@H](N)C1)[C@H]1CC12CCNCC2. The summed E-state index contributed by atoms with van der Waals surface area (Å²) in [6, 6.07) is 0.571. The van der Waals surface area contributed by atoms with Crippen molar-refractivity contribution < 1.29 is 4.79 Å². The van der Waals surface area contributed by atoms with Crippen LogP contribution < -0.4 is 11.1 Å². The number of aryl methyl sites for hydroxylation is 1. The second-order valence-corrected chi connectivity index (χ2v) is 8.38. The van der Waals surface area contributed by atoms with E-state index in [0.29, 0.717) is 23.9 Å². The zero-order valence-electron chi connectivity index (χ0n) is 15.3. The first-order valence-corrected chi connectivity index (χ1v) is 9.82. The van der Waals surface area contributed by atoms with E-state index in [1.807, 2.05) is 24.0 Å². The molecule has 0 bridgehead atoms. The fourth-order valence-electron chi connectivity index (χ4n) is 4.96. The quantitative estimate of drug-likeness (QED) is 0.865. The van der Waals surface area contributed by atoms with Crippen molar-refractivity contribution in [3.63, 3.8) is 0 Å². The van der Waals surface area contributed by atoms with E-state index in [4.69, 9.17) is 5.73 Å². The molecular weight excluding hydrogens is 314 g/mol. The molecule has 3 fully saturated rings. The summed E-state index contributed by atoms with van der Waals surface area (Å²) in [7, 11) is 2.01. The first-order valence-electron chi connectivity index (χ1n) is 9.82. The van der Waals surface area contributed by atoms with Gasteiger partial charge in [-0.2, -0.15) is 0 Å². The van der Waals surface area contributed by atoms with Crippen molar-refractivity contribution in [3.05, 3.63) is 18.2 Å². The number of nitrogens with two attached hydrogens (primary N) is 1. The molecule has 138 valence electrons. The maximum atomic E-state index is 13.4. The van der Waals surface area contributed by atoms with E-state index in [2.05, 4.69) is 15.2 Å². The zero-order chi connectivity index (χ0) is 17.4. The molecule has 1 aromatic heterocycles. The molecular formula is C19H31N5O. The van der Waals surface area contributed by atoms with Gasteiger partial charge in [0.15, 0.2) is 0 Å². The van der Waals surface area contributed by atoms with Crippen LogP contribution in [0.1, 0.15) is 50.8 Å². The molecule has 0 radical (unpaired) electrons. The van der Waals surface area contributed by atoms with Crippen LogP contribution in [0.15, 0.2) is 12.4 Å². The Bertz CT molecular complexity index is 621. The molecule has 25 heavy (non-hydrogen) atoms. The summed E-state index contributed by atoms with van der Waals surface area (Å²) >= 11 is 0. The highest BCUT2D eigenvalue weighted by Crippen LogP contribution is 2.56. The zero-order valence-corrected chi connectivity index (χ0v) is 15.3. The molecule has 1 saturated heterocycles. The monoisotopic (exact) mass is 345 g/mol. The topological polar surface area (TPSA) is 76.2 Å². The molecule has 2 aliphatic carbocycles. The number of amides is 1. The predicted molar refractivity (Wildman–Crippen MR) is 96.6 cm³/mol. The minimum Gasteiger partial charge on any atom is -0.337 e. The largest absolute Gasteiger partial charge is 0.337 e. The Kier molecular flexibility index (Phi) is 4.58. The van der Waals surface area contributed by atoms with Crippen molar-refractivity contribution >= 4 is 5.91 Å². The molecule has 3 atom stereocenters. The van der Waals surface area contributed by atoms with Crippen LogP contribution in [0.25, 0.3) is 0 Å². The molecule has 4 rings (SSSR count). The van der Waals surface area contributed by atoms with Crippen LogP contribution in [-0.4, -0.2) is 45.5 Å². The lowest BCUT2D eigenvalue weighted by atomic mass is 9.85. The fourth-order valence-corrected chi connectivity index (χ4v) is 4.96. The summed E-state index contributed by atoms with van der Waals surface area (Å²) in [5.41, 5.74) is 6.51. The van der Waals surface area contributed by atoms with E-state index in [0.717, 1.165) is 51.0 Å². The van der Waals surface area contributed by atoms with Gasteiger partial charge in [0.05, 0.1) is 6.54 Å². The Balaban J connectivity index is 1.53. The van der Waals surface area contributed by atoms with Gasteiger partial charge in [-0.25, -0.2) is 4.98 Å². The number of aromatic nitrogens is 2. The number of hydrogen-bond donors (Lipinski definition) is 2. The fraction of sp³-hybridized carbons (Fsp3) is 0.789. The summed E-state index contributed by atoms with van der Waals surface area (Å²) in [5, 5.41) is 3.46. The first kappa shape index (κ1) is 17.0. The predicted octanol–water partition coefficient (Wildman–Crippen LogP) is 1.41. The maximum Gasteiger partial charge on any atom is 0.226 e. The number of carbonyl (C=O) groups excluding carboxylic acids is 1. The van der Waals surface area contributed by atoms with Gasteiger partial charge in [-0.15, -0.1) is 0 Å². The van der Waals surface area contributed by atoms with Gasteiger partial charge in [0.2, 0.25) is 5.91 Å². The number of piperidine rings is 1. The third-order valence-corrected chi connectivity index (χ3v) is 6.70. The van der Waals surface area contributed by atoms with Crippen molar-refractivity contribution in [3.8, 4) is 0 Å². The minimum atomic E-state index is 0.100. The van der Waals surface area contributed by atoms with E-state index in [9.17, 15) is 4.79 Å². The number of nitrogens with zero attached hydrogens (tertiary/aromatic N) is 3. The summed E-state index contributed by atoms with van der Waals surface area (Å²) in [6.07, 6.45) is 11.3. The number of nitrogens with one attached hydrogen (secondary N) is 1. The highest BCUT2D eigenvalue weighted by molar-refractivity contribution is 5.80. The van der Waals surface area contributed by atoms with Crippen molar-refractivity contribution in [1.82, 2.24) is 19.8 Å². The Hall–Kier alpha value is -1.40. The summed E-state index contributed by atoms with van der Waals surface area (Å²) < 4.78 is 2.03. The molecule has 1 aromatic rings. The number of imidazole rings is 1. The van der Waals surface area contributed by atoms with Gasteiger partial charge in [-0.1, -0.05) is 6.42 Å². The summed E-state index contributed by atoms with van der Waals surface area (Å²) in [6.45, 7) is 2.79. The molecule has 0 aromatic carbocycles.